The highest BCUT2D eigenvalue weighted by atomic mass is 16.5. The van der Waals surface area contributed by atoms with Crippen LogP contribution in [0.4, 0.5) is 0 Å². The van der Waals surface area contributed by atoms with E-state index in [0.29, 0.717) is 19.3 Å². The molecule has 0 spiro atoms. The monoisotopic (exact) mass is 209 g/mol. The molecular weight excluding hydrogens is 190 g/mol. The lowest BCUT2D eigenvalue weighted by Gasteiger charge is -2.42. The van der Waals surface area contributed by atoms with Crippen LogP contribution in [0.25, 0.3) is 0 Å². The lowest BCUT2D eigenvalue weighted by molar-refractivity contribution is -0.0900. The van der Waals surface area contributed by atoms with Crippen LogP contribution >= 0.6 is 0 Å². The number of fused-ring (bicyclic) bond motifs is 2. The molecule has 2 aliphatic rings. The van der Waals surface area contributed by atoms with E-state index < -0.39 is 11.0 Å². The second-order valence-corrected chi connectivity index (χ2v) is 4.85. The summed E-state index contributed by atoms with van der Waals surface area (Å²) in [6, 6.07) is 2.38. The maximum Gasteiger partial charge on any atom is 0.114 e. The summed E-state index contributed by atoms with van der Waals surface area (Å²) in [5.74, 6) is 0. The zero-order chi connectivity index (χ0) is 11.1. The molecule has 2 bridgehead atoms. The van der Waals surface area contributed by atoms with Crippen molar-refractivity contribution >= 4 is 0 Å². The van der Waals surface area contributed by atoms with Crippen LogP contribution < -0.4 is 0 Å². The average Bonchev–Trinajstić information content (AvgIpc) is 2.88. The van der Waals surface area contributed by atoms with Crippen LogP contribution in [0.3, 0.4) is 0 Å². The van der Waals surface area contributed by atoms with Crippen molar-refractivity contribution < 1.29 is 9.84 Å². The molecule has 15 heavy (non-hydrogen) atoms. The fourth-order valence-corrected chi connectivity index (χ4v) is 3.30. The molecule has 2 saturated heterocycles. The van der Waals surface area contributed by atoms with Crippen molar-refractivity contribution in [3.05, 3.63) is 0 Å². The van der Waals surface area contributed by atoms with Crippen LogP contribution in [0, 0.1) is 16.7 Å². The zero-order valence-electron chi connectivity index (χ0n) is 9.49. The molecule has 2 fully saturated rings. The second kappa shape index (κ2) is 3.47. The van der Waals surface area contributed by atoms with Gasteiger partial charge in [0.1, 0.15) is 5.41 Å². The maximum absolute atomic E-state index is 10.6. The summed E-state index contributed by atoms with van der Waals surface area (Å²) in [7, 11) is 0. The Balaban J connectivity index is 2.35. The summed E-state index contributed by atoms with van der Waals surface area (Å²) in [4.78, 5) is 0. The predicted molar refractivity (Wildman–Crippen MR) is 56.1 cm³/mol. The Bertz CT molecular complexity index is 292. The number of rotatable bonds is 3. The molecule has 3 atom stereocenters. The highest BCUT2D eigenvalue weighted by Crippen LogP contribution is 2.55. The van der Waals surface area contributed by atoms with Crippen molar-refractivity contribution in [1.82, 2.24) is 0 Å². The van der Waals surface area contributed by atoms with Gasteiger partial charge in [-0.25, -0.2) is 0 Å². The van der Waals surface area contributed by atoms with E-state index in [9.17, 15) is 10.4 Å². The van der Waals surface area contributed by atoms with Crippen molar-refractivity contribution in [2.75, 3.05) is 0 Å². The molecule has 2 rings (SSSR count). The first-order valence-corrected chi connectivity index (χ1v) is 5.91. The van der Waals surface area contributed by atoms with Crippen LogP contribution in [0.5, 0.6) is 0 Å². The molecule has 0 aromatic rings. The van der Waals surface area contributed by atoms with E-state index in [1.54, 1.807) is 0 Å². The third-order valence-electron chi connectivity index (χ3n) is 4.41. The second-order valence-electron chi connectivity index (χ2n) is 4.85. The largest absolute Gasteiger partial charge is 0.388 e. The van der Waals surface area contributed by atoms with Crippen LogP contribution in [0.1, 0.15) is 46.0 Å². The molecule has 3 unspecified atom stereocenters. The van der Waals surface area contributed by atoms with Gasteiger partial charge in [0.05, 0.1) is 23.9 Å². The third-order valence-corrected chi connectivity index (χ3v) is 4.41. The number of hydrogen-bond acceptors (Lipinski definition) is 3. The van der Waals surface area contributed by atoms with E-state index in [-0.39, 0.29) is 12.2 Å². The van der Waals surface area contributed by atoms with Gasteiger partial charge in [-0.05, 0) is 32.1 Å². The molecular formula is C12H19NO2. The molecule has 84 valence electrons. The standard InChI is InChI=1S/C12H19NO2/c1-3-12(14,4-2)11(8-13)7-9-5-6-10(11)15-9/h9-10,14H,3-7H2,1-2H3. The molecule has 1 N–H and O–H groups in total. The molecule has 0 saturated carbocycles. The van der Waals surface area contributed by atoms with Gasteiger partial charge >= 0.3 is 0 Å². The Kier molecular flexibility index (Phi) is 2.52. The van der Waals surface area contributed by atoms with E-state index in [2.05, 4.69) is 6.07 Å². The quantitative estimate of drug-likeness (QED) is 0.773. The molecule has 0 aromatic carbocycles. The van der Waals surface area contributed by atoms with Gasteiger partial charge in [0.2, 0.25) is 0 Å². The normalized spacial score (nSPS) is 39.3. The Morgan fingerprint density at radius 3 is 2.47 bits per heavy atom. The molecule has 0 radical (unpaired) electrons. The third kappa shape index (κ3) is 1.25. The Morgan fingerprint density at radius 2 is 2.13 bits per heavy atom. The van der Waals surface area contributed by atoms with Gasteiger partial charge in [-0.3, -0.25) is 0 Å². The van der Waals surface area contributed by atoms with Gasteiger partial charge in [0, 0.05) is 0 Å². The molecule has 0 aliphatic carbocycles. The van der Waals surface area contributed by atoms with E-state index in [0.717, 1.165) is 12.8 Å². The predicted octanol–water partition coefficient (Wildman–Crippen LogP) is 2.00. The van der Waals surface area contributed by atoms with E-state index in [1.807, 2.05) is 13.8 Å². The number of aliphatic hydroxyl groups is 1. The average molecular weight is 209 g/mol. The van der Waals surface area contributed by atoms with Crippen LogP contribution in [-0.4, -0.2) is 22.9 Å². The summed E-state index contributed by atoms with van der Waals surface area (Å²) >= 11 is 0. The van der Waals surface area contributed by atoms with Gasteiger partial charge in [-0.15, -0.1) is 0 Å². The molecule has 0 amide bonds. The van der Waals surface area contributed by atoms with Gasteiger partial charge in [-0.2, -0.15) is 5.26 Å². The highest BCUT2D eigenvalue weighted by molar-refractivity contribution is 5.20. The number of nitriles is 1. The van der Waals surface area contributed by atoms with E-state index >= 15 is 0 Å². The zero-order valence-corrected chi connectivity index (χ0v) is 9.49. The van der Waals surface area contributed by atoms with Crippen molar-refractivity contribution in [2.45, 2.75) is 63.8 Å². The van der Waals surface area contributed by atoms with Crippen molar-refractivity contribution in [3.63, 3.8) is 0 Å². The Hall–Kier alpha value is -0.590. The minimum atomic E-state index is -0.873. The minimum absolute atomic E-state index is 0.0441. The number of hydrogen-bond donors (Lipinski definition) is 1. The van der Waals surface area contributed by atoms with Crippen LogP contribution in [0.2, 0.25) is 0 Å². The van der Waals surface area contributed by atoms with Gasteiger partial charge < -0.3 is 9.84 Å². The van der Waals surface area contributed by atoms with Crippen molar-refractivity contribution in [3.8, 4) is 6.07 Å². The SMILES string of the molecule is CCC(O)(CC)C1(C#N)CC2CCC1O2. The fraction of sp³-hybridized carbons (Fsp3) is 0.917. The van der Waals surface area contributed by atoms with Crippen LogP contribution in [-0.2, 0) is 4.74 Å². The minimum Gasteiger partial charge on any atom is -0.388 e. The first-order chi connectivity index (χ1) is 7.12. The lowest BCUT2D eigenvalue weighted by Crippen LogP contribution is -2.52. The highest BCUT2D eigenvalue weighted by Gasteiger charge is 2.62. The summed E-state index contributed by atoms with van der Waals surface area (Å²) in [6.07, 6.45) is 4.12. The number of nitrogens with zero attached hydrogens (tertiary/aromatic N) is 1. The molecule has 2 heterocycles. The Labute approximate surface area is 91.0 Å². The van der Waals surface area contributed by atoms with E-state index in [1.165, 1.54) is 0 Å². The van der Waals surface area contributed by atoms with Crippen molar-refractivity contribution in [1.29, 1.82) is 5.26 Å². The molecule has 3 heteroatoms. The van der Waals surface area contributed by atoms with Gasteiger partial charge in [-0.1, -0.05) is 13.8 Å². The maximum atomic E-state index is 10.6. The Morgan fingerprint density at radius 1 is 1.47 bits per heavy atom. The van der Waals surface area contributed by atoms with Gasteiger partial charge in [0.15, 0.2) is 0 Å². The summed E-state index contributed by atoms with van der Waals surface area (Å²) in [5, 5.41) is 20.0. The summed E-state index contributed by atoms with van der Waals surface area (Å²) in [5.41, 5.74) is -1.53. The summed E-state index contributed by atoms with van der Waals surface area (Å²) < 4.78 is 5.75. The molecule has 0 aromatic heterocycles. The smallest absolute Gasteiger partial charge is 0.114 e. The lowest BCUT2D eigenvalue weighted by atomic mass is 9.62. The molecule has 2 aliphatic heterocycles. The first kappa shape index (κ1) is 10.9. The van der Waals surface area contributed by atoms with Crippen molar-refractivity contribution in [2.24, 2.45) is 5.41 Å². The molecule has 3 nitrogen and oxygen atoms in total. The summed E-state index contributed by atoms with van der Waals surface area (Å²) in [6.45, 7) is 3.91. The van der Waals surface area contributed by atoms with Crippen LogP contribution in [0.15, 0.2) is 0 Å². The number of ether oxygens (including phenoxy) is 1. The van der Waals surface area contributed by atoms with Gasteiger partial charge in [0.25, 0.3) is 0 Å². The topological polar surface area (TPSA) is 53.2 Å². The van der Waals surface area contributed by atoms with E-state index in [4.69, 9.17) is 4.74 Å². The first-order valence-electron chi connectivity index (χ1n) is 5.91. The fourth-order valence-electron chi connectivity index (χ4n) is 3.30.